The highest BCUT2D eigenvalue weighted by Gasteiger charge is 2.46. The smallest absolute Gasteiger partial charge is 0.244 e. The highest BCUT2D eigenvalue weighted by molar-refractivity contribution is 7.89. The predicted molar refractivity (Wildman–Crippen MR) is 152 cm³/mol. The molecule has 4 heterocycles. The quantitative estimate of drug-likeness (QED) is 0.402. The minimum Gasteiger partial charge on any atom is -0.380 e. The molecule has 3 fully saturated rings. The number of fused-ring (bicyclic) bond motifs is 2. The van der Waals surface area contributed by atoms with Crippen molar-refractivity contribution in [2.75, 3.05) is 57.5 Å². The summed E-state index contributed by atoms with van der Waals surface area (Å²) in [5.74, 6) is 1.08. The zero-order valence-corrected chi connectivity index (χ0v) is 23.7. The lowest BCUT2D eigenvalue weighted by Gasteiger charge is -2.45. The Hall–Kier alpha value is -3.12. The van der Waals surface area contributed by atoms with E-state index < -0.39 is 15.4 Å². The van der Waals surface area contributed by atoms with Crippen LogP contribution in [0.25, 0.3) is 11.8 Å². The number of pyridine rings is 1. The minimum atomic E-state index is -3.76. The minimum absolute atomic E-state index is 0.205. The number of ether oxygens (including phenoxy) is 2. The van der Waals surface area contributed by atoms with Gasteiger partial charge in [0, 0.05) is 44.4 Å². The molecule has 2 aliphatic heterocycles. The first-order chi connectivity index (χ1) is 19.9. The normalized spacial score (nSPS) is 23.1. The molecule has 4 aliphatic rings. The molecule has 216 valence electrons. The highest BCUT2D eigenvalue weighted by atomic mass is 32.2. The van der Waals surface area contributed by atoms with Gasteiger partial charge in [0.2, 0.25) is 10.0 Å². The van der Waals surface area contributed by atoms with Crippen LogP contribution in [0, 0.1) is 17.2 Å². The number of aromatic nitrogens is 3. The average Bonchev–Trinajstić information content (AvgIpc) is 3.74. The van der Waals surface area contributed by atoms with E-state index in [2.05, 4.69) is 21.1 Å². The maximum absolute atomic E-state index is 13.9. The summed E-state index contributed by atoms with van der Waals surface area (Å²) in [6.07, 6.45) is 9.08. The molecule has 3 aromatic rings. The molecular formula is C30H34FN5O4S. The van der Waals surface area contributed by atoms with Crippen LogP contribution >= 0.6 is 0 Å². The SMILES string of the molecule is O=S(=O)(c1ccc(N2CCOCC2)nc1)N1CCC2=Cc3c(cnn3-c3ccc(F)cc3)C[C@]2(COCC2CC2)C1. The van der Waals surface area contributed by atoms with Gasteiger partial charge in [-0.3, -0.25) is 0 Å². The van der Waals surface area contributed by atoms with Crippen LogP contribution < -0.4 is 4.90 Å². The summed E-state index contributed by atoms with van der Waals surface area (Å²) in [7, 11) is -3.76. The van der Waals surface area contributed by atoms with Gasteiger partial charge in [-0.25, -0.2) is 22.5 Å². The van der Waals surface area contributed by atoms with E-state index in [0.29, 0.717) is 58.3 Å². The molecule has 0 radical (unpaired) electrons. The number of hydrogen-bond donors (Lipinski definition) is 0. The lowest BCUT2D eigenvalue weighted by molar-refractivity contribution is 0.0358. The van der Waals surface area contributed by atoms with Gasteiger partial charge >= 0.3 is 0 Å². The lowest BCUT2D eigenvalue weighted by atomic mass is 9.69. The maximum atomic E-state index is 13.9. The van der Waals surface area contributed by atoms with Crippen molar-refractivity contribution >= 4 is 21.9 Å². The molecule has 0 unspecified atom stereocenters. The standard InChI is InChI=1S/C30H34FN5O4S/c31-25-3-5-26(6-4-25)36-28-15-24-9-10-35(20-30(24,16-23(28)17-33-36)21-40-19-22-1-2-22)41(37,38)27-7-8-29(32-18-27)34-11-13-39-14-12-34/h3-8,15,17-18,22H,1-2,9-14,16,19-21H2/t30-/m1/s1. The number of hydrogen-bond acceptors (Lipinski definition) is 7. The summed E-state index contributed by atoms with van der Waals surface area (Å²) < 4.78 is 56.5. The molecule has 11 heteroatoms. The molecule has 9 nitrogen and oxygen atoms in total. The number of nitrogens with zero attached hydrogens (tertiary/aromatic N) is 5. The molecule has 41 heavy (non-hydrogen) atoms. The summed E-state index contributed by atoms with van der Waals surface area (Å²) in [5.41, 5.74) is 3.48. The predicted octanol–water partition coefficient (Wildman–Crippen LogP) is 3.69. The fourth-order valence-electron chi connectivity index (χ4n) is 6.18. The van der Waals surface area contributed by atoms with Crippen molar-refractivity contribution in [3.63, 3.8) is 0 Å². The number of rotatable bonds is 8. The van der Waals surface area contributed by atoms with Crippen LogP contribution in [0.2, 0.25) is 0 Å². The Labute approximate surface area is 239 Å². The highest BCUT2D eigenvalue weighted by Crippen LogP contribution is 2.46. The van der Waals surface area contributed by atoms with Crippen LogP contribution in [0.4, 0.5) is 10.2 Å². The van der Waals surface area contributed by atoms with E-state index in [1.54, 1.807) is 28.6 Å². The molecule has 0 bridgehead atoms. The van der Waals surface area contributed by atoms with Crippen molar-refractivity contribution in [2.24, 2.45) is 11.3 Å². The van der Waals surface area contributed by atoms with E-state index in [1.807, 2.05) is 10.9 Å². The molecule has 0 amide bonds. The Morgan fingerprint density at radius 2 is 1.85 bits per heavy atom. The van der Waals surface area contributed by atoms with Gasteiger partial charge < -0.3 is 14.4 Å². The van der Waals surface area contributed by atoms with Crippen LogP contribution in [0.3, 0.4) is 0 Å². The molecule has 2 aliphatic carbocycles. The van der Waals surface area contributed by atoms with Crippen LogP contribution in [0.15, 0.2) is 59.3 Å². The lowest BCUT2D eigenvalue weighted by Crippen LogP contribution is -2.51. The average molecular weight is 580 g/mol. The zero-order chi connectivity index (χ0) is 28.0. The third-order valence-corrected chi connectivity index (χ3v) is 10.5. The van der Waals surface area contributed by atoms with Crippen LogP contribution in [-0.2, 0) is 25.9 Å². The summed E-state index contributed by atoms with van der Waals surface area (Å²) in [6, 6.07) is 9.76. The summed E-state index contributed by atoms with van der Waals surface area (Å²) in [4.78, 5) is 6.81. The molecule has 1 saturated carbocycles. The molecule has 1 aromatic carbocycles. The van der Waals surface area contributed by atoms with E-state index in [4.69, 9.17) is 9.47 Å². The van der Waals surface area contributed by atoms with Gasteiger partial charge in [0.05, 0.1) is 37.4 Å². The third kappa shape index (κ3) is 5.20. The number of halogens is 1. The van der Waals surface area contributed by atoms with Crippen molar-refractivity contribution in [3.8, 4) is 5.69 Å². The molecule has 1 atom stereocenters. The van der Waals surface area contributed by atoms with E-state index in [9.17, 15) is 12.8 Å². The molecule has 2 saturated heterocycles. The second-order valence-corrected chi connectivity index (χ2v) is 13.5. The monoisotopic (exact) mass is 579 g/mol. The van der Waals surface area contributed by atoms with Gasteiger partial charge in [0.15, 0.2) is 0 Å². The van der Waals surface area contributed by atoms with Gasteiger partial charge in [-0.05, 0) is 79.6 Å². The maximum Gasteiger partial charge on any atom is 0.244 e. The number of benzene rings is 1. The molecule has 2 aromatic heterocycles. The summed E-state index contributed by atoms with van der Waals surface area (Å²) >= 11 is 0. The van der Waals surface area contributed by atoms with E-state index in [1.165, 1.54) is 36.7 Å². The first kappa shape index (κ1) is 26.8. The largest absolute Gasteiger partial charge is 0.380 e. The van der Waals surface area contributed by atoms with Crippen LogP contribution in [-0.4, -0.2) is 80.1 Å². The van der Waals surface area contributed by atoms with Crippen LogP contribution in [0.1, 0.15) is 30.5 Å². The van der Waals surface area contributed by atoms with Gasteiger partial charge in [-0.1, -0.05) is 5.57 Å². The van der Waals surface area contributed by atoms with E-state index in [0.717, 1.165) is 35.9 Å². The number of sulfonamides is 1. The number of anilines is 1. The summed E-state index contributed by atoms with van der Waals surface area (Å²) in [6.45, 7) is 4.63. The van der Waals surface area contributed by atoms with Crippen molar-refractivity contribution in [3.05, 3.63) is 71.4 Å². The fraction of sp³-hybridized carbons (Fsp3) is 0.467. The molecular weight excluding hydrogens is 545 g/mol. The Balaban J connectivity index is 1.16. The second kappa shape index (κ2) is 10.6. The van der Waals surface area contributed by atoms with E-state index in [-0.39, 0.29) is 10.7 Å². The van der Waals surface area contributed by atoms with Gasteiger partial charge in [0.25, 0.3) is 0 Å². The number of morpholine rings is 1. The molecule has 0 spiro atoms. The fourth-order valence-corrected chi connectivity index (χ4v) is 7.65. The third-order valence-electron chi connectivity index (χ3n) is 8.71. The van der Waals surface area contributed by atoms with E-state index >= 15 is 0 Å². The summed E-state index contributed by atoms with van der Waals surface area (Å²) in [5, 5.41) is 4.62. The zero-order valence-electron chi connectivity index (χ0n) is 22.9. The van der Waals surface area contributed by atoms with Crippen molar-refractivity contribution < 1.29 is 22.3 Å². The van der Waals surface area contributed by atoms with Gasteiger partial charge in [0.1, 0.15) is 16.5 Å². The topological polar surface area (TPSA) is 89.8 Å². The molecule has 7 rings (SSSR count). The van der Waals surface area contributed by atoms with Crippen LogP contribution in [0.5, 0.6) is 0 Å². The first-order valence-corrected chi connectivity index (χ1v) is 15.8. The molecule has 0 N–H and O–H groups in total. The Morgan fingerprint density at radius 3 is 2.59 bits per heavy atom. The van der Waals surface area contributed by atoms with Crippen molar-refractivity contribution in [1.29, 1.82) is 0 Å². The van der Waals surface area contributed by atoms with Gasteiger partial charge in [-0.2, -0.15) is 9.40 Å². The second-order valence-electron chi connectivity index (χ2n) is 11.6. The Morgan fingerprint density at radius 1 is 1.05 bits per heavy atom. The Bertz CT molecular complexity index is 1550. The van der Waals surface area contributed by atoms with Crippen molar-refractivity contribution in [2.45, 2.75) is 30.6 Å². The number of piperidine rings is 1. The van der Waals surface area contributed by atoms with Crippen molar-refractivity contribution in [1.82, 2.24) is 19.1 Å². The van der Waals surface area contributed by atoms with Gasteiger partial charge in [-0.15, -0.1) is 0 Å². The Kier molecular flexibility index (Phi) is 6.93. The first-order valence-electron chi connectivity index (χ1n) is 14.3.